The number of aryl methyl sites for hydroxylation is 1. The summed E-state index contributed by atoms with van der Waals surface area (Å²) in [5.41, 5.74) is 3.67. The van der Waals surface area contributed by atoms with E-state index in [0.29, 0.717) is 17.7 Å². The van der Waals surface area contributed by atoms with Gasteiger partial charge in [0.05, 0.1) is 5.25 Å². The number of carbonyl (C=O) groups is 1. The van der Waals surface area contributed by atoms with E-state index in [9.17, 15) is 4.79 Å². The van der Waals surface area contributed by atoms with Gasteiger partial charge in [0, 0.05) is 13.1 Å². The molecule has 1 aliphatic heterocycles. The normalized spacial score (nSPS) is 14.3. The van der Waals surface area contributed by atoms with Crippen LogP contribution in [-0.4, -0.2) is 32.8 Å². The summed E-state index contributed by atoms with van der Waals surface area (Å²) >= 11 is 1.28. The van der Waals surface area contributed by atoms with Gasteiger partial charge in [-0.3, -0.25) is 4.79 Å². The summed E-state index contributed by atoms with van der Waals surface area (Å²) < 4.78 is 11.3. The van der Waals surface area contributed by atoms with Crippen molar-refractivity contribution in [2.45, 2.75) is 43.9 Å². The third kappa shape index (κ3) is 4.79. The minimum Gasteiger partial charge on any atom is -0.484 e. The molecule has 2 aromatic carbocycles. The number of amides is 1. The topological polar surface area (TPSA) is 68.5 Å². The molecule has 29 heavy (non-hydrogen) atoms. The van der Waals surface area contributed by atoms with E-state index < -0.39 is 0 Å². The summed E-state index contributed by atoms with van der Waals surface area (Å²) in [6, 6.07) is 16.1. The number of nitrogens with zero attached hydrogens (tertiary/aromatic N) is 3. The quantitative estimate of drug-likeness (QED) is 0.573. The minimum atomic E-state index is -0.300. The van der Waals surface area contributed by atoms with Gasteiger partial charge in [0.1, 0.15) is 5.75 Å². The molecule has 2 heterocycles. The Morgan fingerprint density at radius 2 is 2.03 bits per heavy atom. The van der Waals surface area contributed by atoms with Gasteiger partial charge in [-0.05, 0) is 49.1 Å². The molecule has 4 rings (SSSR count). The highest BCUT2D eigenvalue weighted by Crippen LogP contribution is 2.26. The van der Waals surface area contributed by atoms with Crippen LogP contribution < -0.4 is 4.74 Å². The molecule has 1 amide bonds. The van der Waals surface area contributed by atoms with Gasteiger partial charge in [-0.1, -0.05) is 48.2 Å². The van der Waals surface area contributed by atoms with Crippen molar-refractivity contribution >= 4 is 17.7 Å². The molecule has 7 heteroatoms. The van der Waals surface area contributed by atoms with E-state index in [-0.39, 0.29) is 17.8 Å². The third-order valence-electron chi connectivity index (χ3n) is 4.87. The van der Waals surface area contributed by atoms with Crippen molar-refractivity contribution in [3.8, 4) is 5.75 Å². The molecular formula is C22H23N3O3S. The number of hydrogen-bond acceptors (Lipinski definition) is 6. The highest BCUT2D eigenvalue weighted by atomic mass is 32.2. The number of thioether (sulfide) groups is 1. The van der Waals surface area contributed by atoms with E-state index in [4.69, 9.17) is 9.15 Å². The maximum absolute atomic E-state index is 12.9. The van der Waals surface area contributed by atoms with E-state index >= 15 is 0 Å². The van der Waals surface area contributed by atoms with Crippen molar-refractivity contribution in [3.63, 3.8) is 0 Å². The number of fused-ring (bicyclic) bond motifs is 1. The van der Waals surface area contributed by atoms with Crippen LogP contribution >= 0.6 is 11.8 Å². The number of hydrogen-bond donors (Lipinski definition) is 0. The van der Waals surface area contributed by atoms with E-state index in [1.54, 1.807) is 0 Å². The number of rotatable bonds is 6. The summed E-state index contributed by atoms with van der Waals surface area (Å²) in [6.45, 7) is 5.47. The molecule has 0 bridgehead atoms. The van der Waals surface area contributed by atoms with Crippen LogP contribution in [0.25, 0.3) is 0 Å². The van der Waals surface area contributed by atoms with Crippen LogP contribution in [0, 0.1) is 6.92 Å². The summed E-state index contributed by atoms with van der Waals surface area (Å²) in [7, 11) is 0. The zero-order chi connectivity index (χ0) is 20.2. The molecule has 0 aliphatic carbocycles. The van der Waals surface area contributed by atoms with Gasteiger partial charge in [-0.15, -0.1) is 10.2 Å². The van der Waals surface area contributed by atoms with E-state index in [0.717, 1.165) is 24.3 Å². The first-order valence-corrected chi connectivity index (χ1v) is 10.5. The lowest BCUT2D eigenvalue weighted by Crippen LogP contribution is -2.40. The molecule has 1 aliphatic rings. The van der Waals surface area contributed by atoms with Crippen LogP contribution in [0.2, 0.25) is 0 Å². The van der Waals surface area contributed by atoms with Crippen molar-refractivity contribution in [3.05, 3.63) is 71.1 Å². The largest absolute Gasteiger partial charge is 0.484 e. The second kappa shape index (κ2) is 8.69. The molecule has 0 saturated carbocycles. The molecule has 0 radical (unpaired) electrons. The molecule has 0 saturated heterocycles. The fourth-order valence-electron chi connectivity index (χ4n) is 3.34. The highest BCUT2D eigenvalue weighted by Gasteiger charge is 2.26. The van der Waals surface area contributed by atoms with Crippen LogP contribution in [0.1, 0.15) is 29.5 Å². The van der Waals surface area contributed by atoms with Gasteiger partial charge < -0.3 is 14.1 Å². The van der Waals surface area contributed by atoms with Gasteiger partial charge in [-0.25, -0.2) is 0 Å². The molecule has 3 aromatic rings. The maximum Gasteiger partial charge on any atom is 0.277 e. The van der Waals surface area contributed by atoms with Gasteiger partial charge in [0.15, 0.2) is 6.61 Å². The molecule has 0 unspecified atom stereocenters. The lowest BCUT2D eigenvalue weighted by molar-refractivity contribution is -0.131. The molecule has 150 valence electrons. The molecule has 0 spiro atoms. The molecular weight excluding hydrogens is 386 g/mol. The molecule has 1 aromatic heterocycles. The lowest BCUT2D eigenvalue weighted by Gasteiger charge is -2.30. The molecule has 0 fully saturated rings. The fourth-order valence-corrected chi connectivity index (χ4v) is 4.12. The van der Waals surface area contributed by atoms with Gasteiger partial charge >= 0.3 is 0 Å². The van der Waals surface area contributed by atoms with E-state index in [1.807, 2.05) is 55.1 Å². The zero-order valence-corrected chi connectivity index (χ0v) is 17.3. The Balaban J connectivity index is 1.32. The van der Waals surface area contributed by atoms with Crippen molar-refractivity contribution in [1.29, 1.82) is 0 Å². The van der Waals surface area contributed by atoms with Crippen LogP contribution in [0.5, 0.6) is 5.75 Å². The average molecular weight is 410 g/mol. The standard InChI is InChI=1S/C22H23N3O3S/c1-15-6-5-9-19(12-15)27-14-20-23-24-22(28-20)29-16(2)21(26)25-11-10-17-7-3-4-8-18(17)13-25/h3-9,12,16H,10-11,13-14H2,1-2H3/t16-/m0/s1. The smallest absolute Gasteiger partial charge is 0.277 e. The van der Waals surface area contributed by atoms with E-state index in [1.165, 1.54) is 22.9 Å². The van der Waals surface area contributed by atoms with Crippen LogP contribution in [-0.2, 0) is 24.4 Å². The number of benzene rings is 2. The number of aromatic nitrogens is 2. The molecule has 6 nitrogen and oxygen atoms in total. The van der Waals surface area contributed by atoms with Crippen molar-refractivity contribution in [1.82, 2.24) is 15.1 Å². The maximum atomic E-state index is 12.9. The SMILES string of the molecule is Cc1cccc(OCc2nnc(S[C@@H](C)C(=O)N3CCc4ccccc4C3)o2)c1. The van der Waals surface area contributed by atoms with Crippen LogP contribution in [0.3, 0.4) is 0 Å². The Hall–Kier alpha value is -2.80. The first-order valence-electron chi connectivity index (χ1n) is 9.62. The second-order valence-corrected chi connectivity index (χ2v) is 8.40. The first kappa shape index (κ1) is 19.5. The van der Waals surface area contributed by atoms with E-state index in [2.05, 4.69) is 22.3 Å². The van der Waals surface area contributed by atoms with Crippen molar-refractivity contribution in [2.24, 2.45) is 0 Å². The first-order chi connectivity index (χ1) is 14.1. The minimum absolute atomic E-state index is 0.0836. The number of carbonyl (C=O) groups excluding carboxylic acids is 1. The Kier molecular flexibility index (Phi) is 5.85. The predicted octanol–water partition coefficient (Wildman–Crippen LogP) is 4.02. The Morgan fingerprint density at radius 1 is 1.21 bits per heavy atom. The Bertz CT molecular complexity index is 1000. The average Bonchev–Trinajstić information content (AvgIpc) is 3.18. The third-order valence-corrected chi connectivity index (χ3v) is 5.79. The summed E-state index contributed by atoms with van der Waals surface area (Å²) in [5.74, 6) is 1.23. The molecule has 0 N–H and O–H groups in total. The Labute approximate surface area is 174 Å². The summed E-state index contributed by atoms with van der Waals surface area (Å²) in [6.07, 6.45) is 0.889. The van der Waals surface area contributed by atoms with Gasteiger partial charge in [-0.2, -0.15) is 0 Å². The summed E-state index contributed by atoms with van der Waals surface area (Å²) in [5, 5.41) is 8.15. The second-order valence-electron chi connectivity index (χ2n) is 7.11. The number of ether oxygens (including phenoxy) is 1. The van der Waals surface area contributed by atoms with Crippen LogP contribution in [0.4, 0.5) is 0 Å². The van der Waals surface area contributed by atoms with Gasteiger partial charge in [0.25, 0.3) is 11.1 Å². The monoisotopic (exact) mass is 409 g/mol. The van der Waals surface area contributed by atoms with Crippen LogP contribution in [0.15, 0.2) is 58.2 Å². The zero-order valence-electron chi connectivity index (χ0n) is 16.5. The summed E-state index contributed by atoms with van der Waals surface area (Å²) in [4.78, 5) is 14.8. The molecule has 1 atom stereocenters. The Morgan fingerprint density at radius 3 is 2.86 bits per heavy atom. The fraction of sp³-hybridized carbons (Fsp3) is 0.318. The predicted molar refractivity (Wildman–Crippen MR) is 111 cm³/mol. The lowest BCUT2D eigenvalue weighted by atomic mass is 10.00. The van der Waals surface area contributed by atoms with Crippen molar-refractivity contribution < 1.29 is 13.9 Å². The van der Waals surface area contributed by atoms with Gasteiger partial charge in [0.2, 0.25) is 5.91 Å². The highest BCUT2D eigenvalue weighted by molar-refractivity contribution is 8.00. The van der Waals surface area contributed by atoms with Crippen molar-refractivity contribution in [2.75, 3.05) is 6.54 Å².